The summed E-state index contributed by atoms with van der Waals surface area (Å²) in [4.78, 5) is 10.1. The molecule has 0 aliphatic rings. The second-order valence-electron chi connectivity index (χ2n) is 3.78. The fourth-order valence-corrected chi connectivity index (χ4v) is 2.68. The first-order valence-electron chi connectivity index (χ1n) is 5.65. The normalized spacial score (nSPS) is 10.6. The maximum atomic E-state index is 10.5. The van der Waals surface area contributed by atoms with Crippen molar-refractivity contribution in [3.8, 4) is 0 Å². The molecule has 0 saturated carbocycles. The highest BCUT2D eigenvalue weighted by Crippen LogP contribution is 2.22. The van der Waals surface area contributed by atoms with Crippen LogP contribution in [0.1, 0.15) is 24.8 Å². The molecule has 0 saturated heterocycles. The smallest absolute Gasteiger partial charge is 0.313 e. The lowest BCUT2D eigenvalue weighted by molar-refractivity contribution is -0.380. The van der Waals surface area contributed by atoms with E-state index in [9.17, 15) is 10.1 Å². The number of hydrogen-bond donors (Lipinski definition) is 1. The van der Waals surface area contributed by atoms with Crippen LogP contribution < -0.4 is 5.32 Å². The number of rotatable bonds is 9. The van der Waals surface area contributed by atoms with Crippen LogP contribution in [0.4, 0.5) is 5.00 Å². The summed E-state index contributed by atoms with van der Waals surface area (Å²) in [5.74, 6) is 1.23. The predicted octanol–water partition coefficient (Wildman–Crippen LogP) is 3.28. The molecule has 0 aromatic carbocycles. The van der Waals surface area contributed by atoms with Gasteiger partial charge in [0, 0.05) is 18.0 Å². The zero-order chi connectivity index (χ0) is 12.5. The van der Waals surface area contributed by atoms with Crippen LogP contribution in [0.5, 0.6) is 0 Å². The summed E-state index contributed by atoms with van der Waals surface area (Å²) in [5, 5.41) is 15.9. The van der Waals surface area contributed by atoms with Gasteiger partial charge in [-0.3, -0.25) is 10.1 Å². The van der Waals surface area contributed by atoms with Crippen LogP contribution in [0.3, 0.4) is 0 Å². The van der Waals surface area contributed by atoms with Crippen LogP contribution in [-0.4, -0.2) is 23.5 Å². The van der Waals surface area contributed by atoms with Gasteiger partial charge in [0.15, 0.2) is 0 Å². The van der Waals surface area contributed by atoms with E-state index < -0.39 is 0 Å². The number of thioether (sulfide) groups is 1. The summed E-state index contributed by atoms with van der Waals surface area (Å²) in [6, 6.07) is 1.64. The molecule has 1 N–H and O–H groups in total. The molecule has 0 unspecified atom stereocenters. The van der Waals surface area contributed by atoms with Gasteiger partial charge < -0.3 is 5.32 Å². The second kappa shape index (κ2) is 8.49. The number of thiophene rings is 1. The van der Waals surface area contributed by atoms with Crippen LogP contribution in [-0.2, 0) is 6.54 Å². The van der Waals surface area contributed by atoms with Gasteiger partial charge in [-0.25, -0.2) is 0 Å². The van der Waals surface area contributed by atoms with Crippen molar-refractivity contribution in [1.82, 2.24) is 5.32 Å². The van der Waals surface area contributed by atoms with E-state index in [4.69, 9.17) is 0 Å². The molecule has 1 rings (SSSR count). The molecule has 0 atom stereocenters. The molecule has 4 nitrogen and oxygen atoms in total. The van der Waals surface area contributed by atoms with Crippen molar-refractivity contribution in [3.05, 3.63) is 27.1 Å². The van der Waals surface area contributed by atoms with Gasteiger partial charge in [0.2, 0.25) is 0 Å². The molecule has 96 valence electrons. The predicted molar refractivity (Wildman–Crippen MR) is 74.9 cm³/mol. The minimum absolute atomic E-state index is 0.224. The third kappa shape index (κ3) is 6.05. The van der Waals surface area contributed by atoms with Crippen LogP contribution in [0.25, 0.3) is 0 Å². The Kier molecular flexibility index (Phi) is 7.23. The lowest BCUT2D eigenvalue weighted by Gasteiger charge is -2.02. The average Bonchev–Trinajstić information content (AvgIpc) is 2.77. The SMILES string of the molecule is CSCCCCCNCc1csc([N+](=O)[O-])c1. The largest absolute Gasteiger partial charge is 0.324 e. The Hall–Kier alpha value is -0.590. The maximum Gasteiger partial charge on any atom is 0.324 e. The first-order valence-corrected chi connectivity index (χ1v) is 7.93. The number of nitrogens with zero attached hydrogens (tertiary/aromatic N) is 1. The van der Waals surface area contributed by atoms with Crippen LogP contribution in [0.2, 0.25) is 0 Å². The molecular formula is C11H18N2O2S2. The molecule has 1 aromatic heterocycles. The van der Waals surface area contributed by atoms with Gasteiger partial charge >= 0.3 is 5.00 Å². The van der Waals surface area contributed by atoms with Gasteiger partial charge in [-0.2, -0.15) is 11.8 Å². The first kappa shape index (κ1) is 14.5. The quantitative estimate of drug-likeness (QED) is 0.426. The monoisotopic (exact) mass is 274 g/mol. The second-order valence-corrected chi connectivity index (χ2v) is 5.66. The molecular weight excluding hydrogens is 256 g/mol. The summed E-state index contributed by atoms with van der Waals surface area (Å²) in [7, 11) is 0. The molecule has 0 fully saturated rings. The molecule has 0 spiro atoms. The van der Waals surface area contributed by atoms with Gasteiger partial charge in [0.25, 0.3) is 0 Å². The molecule has 17 heavy (non-hydrogen) atoms. The Labute approximate surface area is 110 Å². The fraction of sp³-hybridized carbons (Fsp3) is 0.636. The molecule has 0 bridgehead atoms. The van der Waals surface area contributed by atoms with Gasteiger partial charge in [-0.1, -0.05) is 17.8 Å². The fourth-order valence-electron chi connectivity index (χ4n) is 1.46. The van der Waals surface area contributed by atoms with Gasteiger partial charge in [0.1, 0.15) is 0 Å². The highest BCUT2D eigenvalue weighted by molar-refractivity contribution is 7.98. The minimum atomic E-state index is -0.337. The maximum absolute atomic E-state index is 10.5. The van der Waals surface area contributed by atoms with Crippen molar-refractivity contribution in [2.45, 2.75) is 25.8 Å². The molecule has 6 heteroatoms. The van der Waals surface area contributed by atoms with E-state index in [-0.39, 0.29) is 9.92 Å². The average molecular weight is 274 g/mol. The van der Waals surface area contributed by atoms with Crippen LogP contribution in [0.15, 0.2) is 11.4 Å². The van der Waals surface area contributed by atoms with Crippen LogP contribution >= 0.6 is 23.1 Å². The molecule has 0 amide bonds. The Balaban J connectivity index is 2.07. The van der Waals surface area contributed by atoms with Gasteiger partial charge in [-0.05, 0) is 37.0 Å². The lowest BCUT2D eigenvalue weighted by atomic mass is 10.2. The Morgan fingerprint density at radius 3 is 2.94 bits per heavy atom. The number of hydrogen-bond acceptors (Lipinski definition) is 5. The summed E-state index contributed by atoms with van der Waals surface area (Å²) < 4.78 is 0. The van der Waals surface area contributed by atoms with Gasteiger partial charge in [0.05, 0.1) is 4.92 Å². The standard InChI is InChI=1S/C11H18N2O2S2/c1-16-6-4-2-3-5-12-8-10-7-11(13(14)15)17-9-10/h7,9,12H,2-6,8H2,1H3. The van der Waals surface area contributed by atoms with E-state index in [2.05, 4.69) is 11.6 Å². The number of nitro groups is 1. The van der Waals surface area contributed by atoms with Crippen molar-refractivity contribution >= 4 is 28.1 Å². The van der Waals surface area contributed by atoms with Crippen molar-refractivity contribution < 1.29 is 4.92 Å². The Bertz CT molecular complexity index is 342. The Morgan fingerprint density at radius 2 is 2.29 bits per heavy atom. The van der Waals surface area contributed by atoms with Crippen molar-refractivity contribution in [2.24, 2.45) is 0 Å². The molecule has 0 aliphatic heterocycles. The lowest BCUT2D eigenvalue weighted by Crippen LogP contribution is -2.14. The van der Waals surface area contributed by atoms with Crippen LogP contribution in [0, 0.1) is 10.1 Å². The zero-order valence-corrected chi connectivity index (χ0v) is 11.6. The van der Waals surface area contributed by atoms with Crippen molar-refractivity contribution in [3.63, 3.8) is 0 Å². The molecule has 0 aliphatic carbocycles. The van der Waals surface area contributed by atoms with E-state index in [1.54, 1.807) is 6.07 Å². The third-order valence-corrected chi connectivity index (χ3v) is 3.98. The molecule has 1 aromatic rings. The van der Waals surface area contributed by atoms with E-state index in [1.807, 2.05) is 17.1 Å². The highest BCUT2D eigenvalue weighted by Gasteiger charge is 2.08. The summed E-state index contributed by atoms with van der Waals surface area (Å²) in [5.41, 5.74) is 1.01. The number of nitrogens with one attached hydrogen (secondary N) is 1. The van der Waals surface area contributed by atoms with Crippen molar-refractivity contribution in [1.29, 1.82) is 0 Å². The Morgan fingerprint density at radius 1 is 1.47 bits per heavy atom. The van der Waals surface area contributed by atoms with Gasteiger partial charge in [-0.15, -0.1) is 0 Å². The zero-order valence-electron chi connectivity index (χ0n) is 9.98. The molecule has 0 radical (unpaired) electrons. The van der Waals surface area contributed by atoms with E-state index in [0.29, 0.717) is 0 Å². The topological polar surface area (TPSA) is 55.2 Å². The third-order valence-electron chi connectivity index (χ3n) is 2.35. The summed E-state index contributed by atoms with van der Waals surface area (Å²) in [6.07, 6.45) is 5.82. The number of unbranched alkanes of at least 4 members (excludes halogenated alkanes) is 2. The van der Waals surface area contributed by atoms with Crippen molar-refractivity contribution in [2.75, 3.05) is 18.6 Å². The van der Waals surface area contributed by atoms with E-state index >= 15 is 0 Å². The summed E-state index contributed by atoms with van der Waals surface area (Å²) >= 11 is 3.08. The van der Waals surface area contributed by atoms with E-state index in [0.717, 1.165) is 18.7 Å². The minimum Gasteiger partial charge on any atom is -0.313 e. The first-order chi connectivity index (χ1) is 8.24. The van der Waals surface area contributed by atoms with E-state index in [1.165, 1.54) is 36.4 Å². The summed E-state index contributed by atoms with van der Waals surface area (Å²) in [6.45, 7) is 1.71. The molecule has 1 heterocycles. The highest BCUT2D eigenvalue weighted by atomic mass is 32.2.